The third kappa shape index (κ3) is 1.05. The maximum Gasteiger partial charge on any atom is 0.235 e. The van der Waals surface area contributed by atoms with Gasteiger partial charge in [-0.2, -0.15) is 0 Å². The zero-order chi connectivity index (χ0) is 8.55. The van der Waals surface area contributed by atoms with Gasteiger partial charge in [-0.25, -0.2) is 9.97 Å². The van der Waals surface area contributed by atoms with Gasteiger partial charge in [0.25, 0.3) is 0 Å². The second-order valence-corrected chi connectivity index (χ2v) is 2.76. The number of aromatic nitrogens is 3. The van der Waals surface area contributed by atoms with Crippen molar-refractivity contribution in [3.63, 3.8) is 0 Å². The Balaban J connectivity index is 2.73. The molecule has 0 fully saturated rings. The number of nitrogens with zero attached hydrogens (tertiary/aromatic N) is 3. The summed E-state index contributed by atoms with van der Waals surface area (Å²) in [5, 5.41) is 0.441. The van der Waals surface area contributed by atoms with Crippen LogP contribution < -0.4 is 5.73 Å². The topological polar surface area (TPSA) is 56.2 Å². The van der Waals surface area contributed by atoms with E-state index in [1.165, 1.54) is 0 Å². The summed E-state index contributed by atoms with van der Waals surface area (Å²) in [7, 11) is 0. The summed E-state index contributed by atoms with van der Waals surface area (Å²) in [6.45, 7) is 0.449. The average Bonchev–Trinajstić information content (AvgIpc) is 2.46. The Labute approximate surface area is 74.0 Å². The highest BCUT2D eigenvalue weighted by Crippen LogP contribution is 2.08. The third-order valence-corrected chi connectivity index (χ3v) is 1.84. The molecule has 0 spiro atoms. The molecule has 2 N–H and O–H groups in total. The molecule has 62 valence electrons. The minimum absolute atomic E-state index is 0.441. The van der Waals surface area contributed by atoms with Crippen LogP contribution in [-0.2, 0) is 6.54 Å². The molecule has 0 bridgehead atoms. The molecule has 2 rings (SSSR count). The molecule has 4 nitrogen and oxygen atoms in total. The van der Waals surface area contributed by atoms with Gasteiger partial charge >= 0.3 is 0 Å². The van der Waals surface area contributed by atoms with Crippen molar-refractivity contribution < 1.29 is 0 Å². The summed E-state index contributed by atoms with van der Waals surface area (Å²) in [6, 6.07) is 1.70. The van der Waals surface area contributed by atoms with Gasteiger partial charge in [0, 0.05) is 12.7 Å². The first-order chi connectivity index (χ1) is 5.81. The van der Waals surface area contributed by atoms with E-state index in [1.54, 1.807) is 18.5 Å². The monoisotopic (exact) mass is 182 g/mol. The van der Waals surface area contributed by atoms with Crippen LogP contribution in [0.2, 0.25) is 5.15 Å². The van der Waals surface area contributed by atoms with E-state index in [0.717, 1.165) is 5.69 Å². The molecule has 0 aliphatic carbocycles. The van der Waals surface area contributed by atoms with Crippen LogP contribution in [0, 0.1) is 0 Å². The molecule has 5 heteroatoms. The number of hydrogen-bond acceptors (Lipinski definition) is 3. The number of rotatable bonds is 1. The predicted molar refractivity (Wildman–Crippen MR) is 45.9 cm³/mol. The third-order valence-electron chi connectivity index (χ3n) is 1.63. The van der Waals surface area contributed by atoms with E-state index >= 15 is 0 Å². The first kappa shape index (κ1) is 7.52. The maximum atomic E-state index is 5.68. The molecule has 0 aromatic carbocycles. The molecule has 0 aliphatic heterocycles. The molecule has 2 aromatic rings. The van der Waals surface area contributed by atoms with Gasteiger partial charge in [-0.15, -0.1) is 0 Å². The van der Waals surface area contributed by atoms with Crippen molar-refractivity contribution in [3.8, 4) is 0 Å². The lowest BCUT2D eigenvalue weighted by Crippen LogP contribution is -2.00. The van der Waals surface area contributed by atoms with Gasteiger partial charge in [0.05, 0.1) is 11.9 Å². The van der Waals surface area contributed by atoms with Gasteiger partial charge in [0.1, 0.15) is 5.15 Å². The Bertz CT molecular complexity index is 409. The average molecular weight is 183 g/mol. The van der Waals surface area contributed by atoms with E-state index in [1.807, 2.05) is 4.40 Å². The Morgan fingerprint density at radius 3 is 3.17 bits per heavy atom. The Morgan fingerprint density at radius 1 is 1.58 bits per heavy atom. The smallest absolute Gasteiger partial charge is 0.235 e. The summed E-state index contributed by atoms with van der Waals surface area (Å²) in [6.07, 6.45) is 3.50. The van der Waals surface area contributed by atoms with Crippen molar-refractivity contribution in [1.29, 1.82) is 0 Å². The number of halogens is 1. The Morgan fingerprint density at radius 2 is 2.42 bits per heavy atom. The van der Waals surface area contributed by atoms with Crippen molar-refractivity contribution in [2.75, 3.05) is 0 Å². The molecule has 0 saturated carbocycles. The zero-order valence-electron chi connectivity index (χ0n) is 6.24. The molecular weight excluding hydrogens is 176 g/mol. The lowest BCUT2D eigenvalue weighted by molar-refractivity contribution is 0.947. The van der Waals surface area contributed by atoms with E-state index in [2.05, 4.69) is 9.97 Å². The van der Waals surface area contributed by atoms with Gasteiger partial charge in [-0.05, 0) is 6.07 Å². The minimum atomic E-state index is 0.441. The van der Waals surface area contributed by atoms with Crippen LogP contribution in [0.15, 0.2) is 18.5 Å². The quantitative estimate of drug-likeness (QED) is 0.665. The molecule has 0 saturated heterocycles. The zero-order valence-corrected chi connectivity index (χ0v) is 6.99. The SMILES string of the molecule is NCc1cnc2nc(Cl)ccn12. The highest BCUT2D eigenvalue weighted by atomic mass is 35.5. The molecule has 2 aromatic heterocycles. The highest BCUT2D eigenvalue weighted by molar-refractivity contribution is 6.29. The van der Waals surface area contributed by atoms with Crippen molar-refractivity contribution in [2.24, 2.45) is 5.73 Å². The second-order valence-electron chi connectivity index (χ2n) is 2.37. The van der Waals surface area contributed by atoms with Crippen molar-refractivity contribution in [2.45, 2.75) is 6.54 Å². The number of hydrogen-bond donors (Lipinski definition) is 1. The number of fused-ring (bicyclic) bond motifs is 1. The van der Waals surface area contributed by atoms with E-state index in [0.29, 0.717) is 17.5 Å². The van der Waals surface area contributed by atoms with Crippen LogP contribution in [-0.4, -0.2) is 14.4 Å². The van der Waals surface area contributed by atoms with E-state index in [9.17, 15) is 0 Å². The first-order valence-corrected chi connectivity index (χ1v) is 3.87. The van der Waals surface area contributed by atoms with E-state index in [4.69, 9.17) is 17.3 Å². The molecule has 12 heavy (non-hydrogen) atoms. The summed E-state index contributed by atoms with van der Waals surface area (Å²) in [4.78, 5) is 8.04. The van der Waals surface area contributed by atoms with Crippen LogP contribution in [0.5, 0.6) is 0 Å². The van der Waals surface area contributed by atoms with Crippen molar-refractivity contribution >= 4 is 17.4 Å². The van der Waals surface area contributed by atoms with Gasteiger partial charge in [-0.3, -0.25) is 4.40 Å². The van der Waals surface area contributed by atoms with Gasteiger partial charge in [-0.1, -0.05) is 11.6 Å². The molecule has 0 radical (unpaired) electrons. The minimum Gasteiger partial charge on any atom is -0.325 e. The van der Waals surface area contributed by atoms with E-state index < -0.39 is 0 Å². The summed E-state index contributed by atoms with van der Waals surface area (Å²) < 4.78 is 1.81. The van der Waals surface area contributed by atoms with Crippen LogP contribution in [0.25, 0.3) is 5.78 Å². The highest BCUT2D eigenvalue weighted by Gasteiger charge is 2.01. The Kier molecular flexibility index (Phi) is 1.71. The normalized spacial score (nSPS) is 10.8. The summed E-state index contributed by atoms with van der Waals surface area (Å²) in [5.41, 5.74) is 6.40. The van der Waals surface area contributed by atoms with Crippen LogP contribution >= 0.6 is 11.6 Å². The van der Waals surface area contributed by atoms with Crippen LogP contribution in [0.1, 0.15) is 5.69 Å². The maximum absolute atomic E-state index is 5.68. The molecule has 0 amide bonds. The van der Waals surface area contributed by atoms with Gasteiger partial charge in [0.15, 0.2) is 0 Å². The predicted octanol–water partition coefficient (Wildman–Crippen LogP) is 0.841. The van der Waals surface area contributed by atoms with Crippen LogP contribution in [0.3, 0.4) is 0 Å². The number of imidazole rings is 1. The van der Waals surface area contributed by atoms with Gasteiger partial charge < -0.3 is 5.73 Å². The Hall–Kier alpha value is -1.13. The van der Waals surface area contributed by atoms with Crippen molar-refractivity contribution in [3.05, 3.63) is 29.3 Å². The second kappa shape index (κ2) is 2.73. The van der Waals surface area contributed by atoms with Crippen molar-refractivity contribution in [1.82, 2.24) is 14.4 Å². The summed E-state index contributed by atoms with van der Waals surface area (Å²) >= 11 is 5.68. The fourth-order valence-corrected chi connectivity index (χ4v) is 1.18. The first-order valence-electron chi connectivity index (χ1n) is 3.50. The lowest BCUT2D eigenvalue weighted by atomic mass is 10.5. The molecular formula is C7H7ClN4. The van der Waals surface area contributed by atoms with E-state index in [-0.39, 0.29) is 0 Å². The molecule has 2 heterocycles. The van der Waals surface area contributed by atoms with Gasteiger partial charge in [0.2, 0.25) is 5.78 Å². The number of nitrogens with two attached hydrogens (primary N) is 1. The molecule has 0 aliphatic rings. The molecule has 0 atom stereocenters. The lowest BCUT2D eigenvalue weighted by Gasteiger charge is -1.96. The summed E-state index contributed by atoms with van der Waals surface area (Å²) in [5.74, 6) is 0.586. The standard InChI is InChI=1S/C7H7ClN4/c8-6-1-2-12-5(3-9)4-10-7(12)11-6/h1-2,4H,3,9H2. The largest absolute Gasteiger partial charge is 0.325 e. The fourth-order valence-electron chi connectivity index (χ4n) is 1.05. The fraction of sp³-hybridized carbons (Fsp3) is 0.143. The molecule has 0 unspecified atom stereocenters. The van der Waals surface area contributed by atoms with Crippen LogP contribution in [0.4, 0.5) is 0 Å².